The highest BCUT2D eigenvalue weighted by Gasteiger charge is 2.35. The first kappa shape index (κ1) is 15.7. The number of allylic oxidation sites excluding steroid dienone is 2. The summed E-state index contributed by atoms with van der Waals surface area (Å²) in [5.74, 6) is 0. The van der Waals surface area contributed by atoms with Crippen molar-refractivity contribution in [1.29, 1.82) is 0 Å². The Morgan fingerprint density at radius 1 is 1.48 bits per heavy atom. The van der Waals surface area contributed by atoms with E-state index in [-0.39, 0.29) is 18.6 Å². The predicted octanol–water partition coefficient (Wildman–Crippen LogP) is -0.0570. The Kier molecular flexibility index (Phi) is 5.13. The number of rotatable bonds is 4. The molecule has 3 N–H and O–H groups in total. The molecule has 1 aliphatic heterocycles. The van der Waals surface area contributed by atoms with Gasteiger partial charge in [0.1, 0.15) is 12.3 Å². The number of halogens is 1. The highest BCUT2D eigenvalue weighted by atomic mass is 35.5. The quantitative estimate of drug-likeness (QED) is 0.676. The van der Waals surface area contributed by atoms with E-state index >= 15 is 0 Å². The topological polar surface area (TPSA) is 105 Å². The number of ether oxygens (including phenoxy) is 1. The van der Waals surface area contributed by atoms with Crippen LogP contribution in [0.5, 0.6) is 0 Å². The van der Waals surface area contributed by atoms with E-state index in [2.05, 4.69) is 4.98 Å². The first-order valence-corrected chi connectivity index (χ1v) is 6.73. The molecule has 7 nitrogen and oxygen atoms in total. The average Bonchev–Trinajstić information content (AvgIpc) is 2.82. The number of hydrogen-bond donors (Lipinski definition) is 3. The third-order valence-electron chi connectivity index (χ3n) is 3.15. The van der Waals surface area contributed by atoms with Crippen molar-refractivity contribution < 1.29 is 14.9 Å². The zero-order chi connectivity index (χ0) is 15.4. The minimum absolute atomic E-state index is 0.155. The van der Waals surface area contributed by atoms with Crippen LogP contribution in [0.3, 0.4) is 0 Å². The summed E-state index contributed by atoms with van der Waals surface area (Å²) in [4.78, 5) is 25.7. The van der Waals surface area contributed by atoms with E-state index in [4.69, 9.17) is 21.4 Å². The van der Waals surface area contributed by atoms with Crippen LogP contribution in [0.15, 0.2) is 33.5 Å². The van der Waals surface area contributed by atoms with Gasteiger partial charge in [-0.3, -0.25) is 14.3 Å². The fourth-order valence-corrected chi connectivity index (χ4v) is 2.17. The lowest BCUT2D eigenvalue weighted by atomic mass is 10.2. The highest BCUT2D eigenvalue weighted by molar-refractivity contribution is 6.25. The first-order valence-electron chi connectivity index (χ1n) is 6.30. The van der Waals surface area contributed by atoms with Gasteiger partial charge in [0, 0.05) is 18.2 Å². The van der Waals surface area contributed by atoms with Crippen LogP contribution < -0.4 is 11.2 Å². The van der Waals surface area contributed by atoms with Gasteiger partial charge in [0.25, 0.3) is 5.56 Å². The second-order valence-corrected chi connectivity index (χ2v) is 4.80. The average molecular weight is 315 g/mol. The molecule has 114 valence electrons. The number of aromatic nitrogens is 2. The molecule has 0 radical (unpaired) electrons. The van der Waals surface area contributed by atoms with Gasteiger partial charge in [-0.15, -0.1) is 0 Å². The molecule has 1 aliphatic rings. The van der Waals surface area contributed by atoms with E-state index in [0.29, 0.717) is 0 Å². The van der Waals surface area contributed by atoms with E-state index in [1.807, 2.05) is 0 Å². The van der Waals surface area contributed by atoms with E-state index in [0.717, 1.165) is 0 Å². The number of aliphatic hydroxyl groups excluding tert-OH is 2. The summed E-state index contributed by atoms with van der Waals surface area (Å²) in [6.07, 6.45) is 3.71. The lowest BCUT2D eigenvalue weighted by Crippen LogP contribution is -2.33. The maximum Gasteiger partial charge on any atom is 0.330 e. The summed E-state index contributed by atoms with van der Waals surface area (Å²) >= 11 is 5.37. The fourth-order valence-electron chi connectivity index (χ4n) is 2.09. The zero-order valence-corrected chi connectivity index (χ0v) is 11.7. The second kappa shape index (κ2) is 6.86. The molecule has 0 saturated carbocycles. The van der Waals surface area contributed by atoms with Gasteiger partial charge in [0.2, 0.25) is 0 Å². The van der Waals surface area contributed by atoms with E-state index < -0.39 is 29.7 Å². The largest absolute Gasteiger partial charge is 0.394 e. The Morgan fingerprint density at radius 3 is 2.86 bits per heavy atom. The van der Waals surface area contributed by atoms with Crippen LogP contribution in [0.2, 0.25) is 0 Å². The van der Waals surface area contributed by atoms with E-state index in [1.165, 1.54) is 28.5 Å². The van der Waals surface area contributed by atoms with Crippen LogP contribution in [-0.2, 0) is 4.74 Å². The molecular weight excluding hydrogens is 300 g/mol. The van der Waals surface area contributed by atoms with Crippen LogP contribution in [0.1, 0.15) is 18.2 Å². The third-order valence-corrected chi connectivity index (χ3v) is 3.29. The molecule has 2 rings (SSSR count). The summed E-state index contributed by atoms with van der Waals surface area (Å²) < 4.78 is 6.58. The molecular formula is C13H15ClN2O5. The second-order valence-electron chi connectivity index (χ2n) is 4.54. The van der Waals surface area contributed by atoms with Crippen molar-refractivity contribution in [2.75, 3.05) is 6.61 Å². The summed E-state index contributed by atoms with van der Waals surface area (Å²) in [6, 6.07) is 0. The number of nitrogens with one attached hydrogen (secondary N) is 1. The Hall–Kier alpha value is -1.67. The third kappa shape index (κ3) is 3.51. The monoisotopic (exact) mass is 314 g/mol. The van der Waals surface area contributed by atoms with Gasteiger partial charge < -0.3 is 14.9 Å². The Balaban J connectivity index is 2.34. The van der Waals surface area contributed by atoms with E-state index in [9.17, 15) is 14.7 Å². The number of hydrogen-bond acceptors (Lipinski definition) is 5. The van der Waals surface area contributed by atoms with Crippen LogP contribution in [0.25, 0.3) is 6.08 Å². The van der Waals surface area contributed by atoms with Gasteiger partial charge in [-0.05, 0) is 6.08 Å². The van der Waals surface area contributed by atoms with Gasteiger partial charge in [-0.1, -0.05) is 23.8 Å². The van der Waals surface area contributed by atoms with Crippen molar-refractivity contribution in [3.8, 4) is 0 Å². The van der Waals surface area contributed by atoms with Crippen LogP contribution in [-0.4, -0.2) is 38.6 Å². The van der Waals surface area contributed by atoms with Crippen molar-refractivity contribution >= 4 is 17.7 Å². The van der Waals surface area contributed by atoms with Crippen molar-refractivity contribution in [3.63, 3.8) is 0 Å². The van der Waals surface area contributed by atoms with E-state index in [1.54, 1.807) is 6.08 Å². The molecule has 0 aliphatic carbocycles. The molecule has 0 unspecified atom stereocenters. The number of H-pyrrole nitrogens is 1. The van der Waals surface area contributed by atoms with Crippen LogP contribution >= 0.6 is 11.6 Å². The SMILES string of the molecule is O=c1[nH]c(=O)n([C@H]2C[C@H](O)[C@@H](CO)O2)cc1C=CC=CCl. The number of aromatic amines is 1. The Bertz CT molecular complexity index is 663. The number of nitrogens with zero attached hydrogens (tertiary/aromatic N) is 1. The Morgan fingerprint density at radius 2 is 2.24 bits per heavy atom. The molecule has 0 amide bonds. The molecule has 1 fully saturated rings. The molecule has 1 saturated heterocycles. The summed E-state index contributed by atoms with van der Waals surface area (Å²) in [5.41, 5.74) is 0.353. The van der Waals surface area contributed by atoms with Crippen molar-refractivity contribution in [3.05, 3.63) is 50.3 Å². The zero-order valence-electron chi connectivity index (χ0n) is 11.0. The summed E-state index contributed by atoms with van der Waals surface area (Å²) in [6.45, 7) is -0.344. The van der Waals surface area contributed by atoms with Crippen molar-refractivity contribution in [2.24, 2.45) is 0 Å². The normalized spacial score (nSPS) is 26.1. The molecule has 0 aromatic carbocycles. The first-order chi connectivity index (χ1) is 10.1. The molecule has 0 spiro atoms. The van der Waals surface area contributed by atoms with Crippen LogP contribution in [0.4, 0.5) is 0 Å². The molecule has 1 aromatic rings. The molecule has 21 heavy (non-hydrogen) atoms. The minimum Gasteiger partial charge on any atom is -0.394 e. The fraction of sp³-hybridized carbons (Fsp3) is 0.385. The standard InChI is InChI=1S/C13H15ClN2O5/c14-4-2-1-3-8-6-16(13(20)15-12(8)19)11-5-9(18)10(7-17)21-11/h1-4,6,9-11,17-18H,5,7H2,(H,15,19,20)/t9-,10+,11+/m0/s1. The molecule has 0 bridgehead atoms. The van der Waals surface area contributed by atoms with Gasteiger partial charge >= 0.3 is 5.69 Å². The van der Waals surface area contributed by atoms with Crippen molar-refractivity contribution in [1.82, 2.24) is 9.55 Å². The maximum atomic E-state index is 11.8. The predicted molar refractivity (Wildman–Crippen MR) is 77.0 cm³/mol. The van der Waals surface area contributed by atoms with Gasteiger partial charge in [-0.25, -0.2) is 4.79 Å². The molecule has 3 atom stereocenters. The van der Waals surface area contributed by atoms with Gasteiger partial charge in [0.15, 0.2) is 0 Å². The Labute approximate surface area is 124 Å². The summed E-state index contributed by atoms with van der Waals surface area (Å²) in [5, 5.41) is 18.7. The van der Waals surface area contributed by atoms with Crippen molar-refractivity contribution in [2.45, 2.75) is 24.9 Å². The number of aliphatic hydroxyl groups is 2. The molecule has 8 heteroatoms. The maximum absolute atomic E-state index is 11.8. The van der Waals surface area contributed by atoms with Gasteiger partial charge in [0.05, 0.1) is 18.3 Å². The lowest BCUT2D eigenvalue weighted by molar-refractivity contribution is -0.0459. The van der Waals surface area contributed by atoms with Crippen LogP contribution in [0, 0.1) is 0 Å². The molecule has 2 heterocycles. The minimum atomic E-state index is -0.864. The molecule has 1 aromatic heterocycles. The lowest BCUT2D eigenvalue weighted by Gasteiger charge is -2.14. The highest BCUT2D eigenvalue weighted by Crippen LogP contribution is 2.27. The van der Waals surface area contributed by atoms with Gasteiger partial charge in [-0.2, -0.15) is 0 Å². The summed E-state index contributed by atoms with van der Waals surface area (Å²) in [7, 11) is 0. The smallest absolute Gasteiger partial charge is 0.330 e.